The normalized spacial score (nSPS) is 21.8. The van der Waals surface area contributed by atoms with Crippen LogP contribution in [0, 0.1) is 5.41 Å². The fraction of sp³-hybridized carbons (Fsp3) is 0.500. The number of likely N-dealkylation sites (N-methyl/N-ethyl adjacent to an activating group) is 1. The largest absolute Gasteiger partial charge is 0.373 e. The highest BCUT2D eigenvalue weighted by molar-refractivity contribution is 5.84. The van der Waals surface area contributed by atoms with Crippen LogP contribution in [0.3, 0.4) is 0 Å². The van der Waals surface area contributed by atoms with Gasteiger partial charge in [0.05, 0.1) is 5.92 Å². The van der Waals surface area contributed by atoms with Gasteiger partial charge in [-0.05, 0) is 43.2 Å². The predicted molar refractivity (Wildman–Crippen MR) is 112 cm³/mol. The Labute approximate surface area is 167 Å². The summed E-state index contributed by atoms with van der Waals surface area (Å²) in [7, 11) is 1.87. The Balaban J connectivity index is 1.52. The van der Waals surface area contributed by atoms with Gasteiger partial charge >= 0.3 is 0 Å². The number of benzene rings is 1. The maximum absolute atomic E-state index is 13.0. The van der Waals surface area contributed by atoms with Crippen molar-refractivity contribution in [2.45, 2.75) is 32.1 Å². The maximum Gasteiger partial charge on any atom is 0.230 e. The first kappa shape index (κ1) is 18.7. The van der Waals surface area contributed by atoms with Crippen LogP contribution in [0.2, 0.25) is 0 Å². The molecule has 3 heterocycles. The Morgan fingerprint density at radius 1 is 1.18 bits per heavy atom. The lowest BCUT2D eigenvalue weighted by atomic mass is 9.67. The summed E-state index contributed by atoms with van der Waals surface area (Å²) in [5, 5.41) is 3.08. The Kier molecular flexibility index (Phi) is 5.20. The minimum atomic E-state index is -0.0229. The van der Waals surface area contributed by atoms with Gasteiger partial charge < -0.3 is 15.1 Å². The molecule has 0 saturated carbocycles. The topological polar surface area (TPSA) is 61.4 Å². The maximum atomic E-state index is 13.0. The summed E-state index contributed by atoms with van der Waals surface area (Å²) in [6.07, 6.45) is 4.88. The minimum Gasteiger partial charge on any atom is -0.373 e. The molecule has 2 saturated heterocycles. The van der Waals surface area contributed by atoms with Gasteiger partial charge in [-0.25, -0.2) is 4.98 Å². The molecule has 1 aromatic carbocycles. The summed E-state index contributed by atoms with van der Waals surface area (Å²) in [4.78, 5) is 26.4. The third kappa shape index (κ3) is 3.55. The van der Waals surface area contributed by atoms with Gasteiger partial charge in [0, 0.05) is 39.4 Å². The molecule has 6 heteroatoms. The van der Waals surface area contributed by atoms with Crippen LogP contribution in [-0.2, 0) is 4.79 Å². The van der Waals surface area contributed by atoms with E-state index in [0.29, 0.717) is 0 Å². The van der Waals surface area contributed by atoms with Crippen LogP contribution in [0.5, 0.6) is 0 Å². The number of amides is 1. The van der Waals surface area contributed by atoms with E-state index in [9.17, 15) is 4.79 Å². The number of carbonyl (C=O) groups excluding carboxylic acids is 1. The summed E-state index contributed by atoms with van der Waals surface area (Å²) >= 11 is 0. The molecule has 0 aliphatic carbocycles. The molecule has 2 aliphatic heterocycles. The summed E-state index contributed by atoms with van der Waals surface area (Å²) in [5.41, 5.74) is 1.33. The van der Waals surface area contributed by atoms with Crippen molar-refractivity contribution in [3.05, 3.63) is 48.2 Å². The SMILES string of the molecule is CCN1CC2(CCN(c3nccc(NC)n3)CC2)C[C@H](c2ccccc2)C1=O. The van der Waals surface area contributed by atoms with Gasteiger partial charge in [-0.2, -0.15) is 4.98 Å². The van der Waals surface area contributed by atoms with E-state index in [2.05, 4.69) is 44.1 Å². The average Bonchev–Trinajstić information content (AvgIpc) is 2.76. The average molecular weight is 380 g/mol. The monoisotopic (exact) mass is 379 g/mol. The molecular formula is C22H29N5O. The first-order valence-corrected chi connectivity index (χ1v) is 10.2. The number of aromatic nitrogens is 2. The third-order valence-electron chi connectivity index (χ3n) is 6.36. The number of hydrogen-bond donors (Lipinski definition) is 1. The van der Waals surface area contributed by atoms with Crippen molar-refractivity contribution >= 4 is 17.7 Å². The van der Waals surface area contributed by atoms with Crippen LogP contribution in [0.1, 0.15) is 37.7 Å². The van der Waals surface area contributed by atoms with Crippen molar-refractivity contribution in [3.63, 3.8) is 0 Å². The highest BCUT2D eigenvalue weighted by atomic mass is 16.2. The Morgan fingerprint density at radius 2 is 1.93 bits per heavy atom. The van der Waals surface area contributed by atoms with E-state index in [1.807, 2.05) is 37.5 Å². The van der Waals surface area contributed by atoms with Gasteiger partial charge in [0.2, 0.25) is 11.9 Å². The minimum absolute atomic E-state index is 0.0229. The second-order valence-corrected chi connectivity index (χ2v) is 8.00. The number of nitrogens with zero attached hydrogens (tertiary/aromatic N) is 4. The molecule has 1 N–H and O–H groups in total. The van der Waals surface area contributed by atoms with Crippen molar-refractivity contribution in [3.8, 4) is 0 Å². The lowest BCUT2D eigenvalue weighted by Crippen LogP contribution is -2.54. The summed E-state index contributed by atoms with van der Waals surface area (Å²) in [5.74, 6) is 1.90. The van der Waals surface area contributed by atoms with E-state index >= 15 is 0 Å². The molecule has 1 spiro atoms. The van der Waals surface area contributed by atoms with Gasteiger partial charge in [0.15, 0.2) is 0 Å². The Morgan fingerprint density at radius 3 is 2.61 bits per heavy atom. The van der Waals surface area contributed by atoms with Gasteiger partial charge in [-0.1, -0.05) is 30.3 Å². The Hall–Kier alpha value is -2.63. The predicted octanol–water partition coefficient (Wildman–Crippen LogP) is 3.14. The lowest BCUT2D eigenvalue weighted by molar-refractivity contribution is -0.140. The molecule has 28 heavy (non-hydrogen) atoms. The smallest absolute Gasteiger partial charge is 0.230 e. The van der Waals surface area contributed by atoms with Crippen LogP contribution in [0.25, 0.3) is 0 Å². The zero-order valence-electron chi connectivity index (χ0n) is 16.8. The van der Waals surface area contributed by atoms with E-state index < -0.39 is 0 Å². The third-order valence-corrected chi connectivity index (χ3v) is 6.36. The number of rotatable bonds is 4. The van der Waals surface area contributed by atoms with Crippen LogP contribution in [0.15, 0.2) is 42.6 Å². The number of hydrogen-bond acceptors (Lipinski definition) is 5. The molecule has 1 aromatic heterocycles. The van der Waals surface area contributed by atoms with Crippen molar-refractivity contribution in [1.29, 1.82) is 0 Å². The van der Waals surface area contributed by atoms with Crippen molar-refractivity contribution in [2.24, 2.45) is 5.41 Å². The molecule has 6 nitrogen and oxygen atoms in total. The van der Waals surface area contributed by atoms with Gasteiger partial charge in [-0.15, -0.1) is 0 Å². The highest BCUT2D eigenvalue weighted by Gasteiger charge is 2.45. The van der Waals surface area contributed by atoms with Crippen molar-refractivity contribution < 1.29 is 4.79 Å². The highest BCUT2D eigenvalue weighted by Crippen LogP contribution is 2.45. The van der Waals surface area contributed by atoms with Crippen LogP contribution in [-0.4, -0.2) is 54.0 Å². The van der Waals surface area contributed by atoms with Gasteiger partial charge in [-0.3, -0.25) is 4.79 Å². The summed E-state index contributed by atoms with van der Waals surface area (Å²) in [6.45, 7) is 5.60. The molecule has 2 aliphatic rings. The van der Waals surface area contributed by atoms with Gasteiger partial charge in [0.25, 0.3) is 0 Å². The van der Waals surface area contributed by atoms with Crippen LogP contribution < -0.4 is 10.2 Å². The lowest BCUT2D eigenvalue weighted by Gasteiger charge is -2.49. The number of anilines is 2. The molecule has 0 bridgehead atoms. The molecule has 4 rings (SSSR count). The number of likely N-dealkylation sites (tertiary alicyclic amines) is 1. The quantitative estimate of drug-likeness (QED) is 0.884. The van der Waals surface area contributed by atoms with Gasteiger partial charge in [0.1, 0.15) is 5.82 Å². The first-order chi connectivity index (χ1) is 13.6. The molecule has 1 amide bonds. The van der Waals surface area contributed by atoms with E-state index in [4.69, 9.17) is 0 Å². The first-order valence-electron chi connectivity index (χ1n) is 10.2. The van der Waals surface area contributed by atoms with Crippen LogP contribution in [0.4, 0.5) is 11.8 Å². The van der Waals surface area contributed by atoms with Crippen LogP contribution >= 0.6 is 0 Å². The standard InChI is InChI=1S/C22H29N5O/c1-3-26-16-22(15-18(20(26)28)17-7-5-4-6-8-17)10-13-27(14-11-22)21-24-12-9-19(23-2)25-21/h4-9,12,18H,3,10-11,13-16H2,1-2H3,(H,23,24,25)/t18-/m1/s1. The Bertz CT molecular complexity index is 817. The number of nitrogens with one attached hydrogen (secondary N) is 1. The van der Waals surface area contributed by atoms with Crippen molar-refractivity contribution in [2.75, 3.05) is 43.4 Å². The second-order valence-electron chi connectivity index (χ2n) is 8.00. The van der Waals surface area contributed by atoms with E-state index in [-0.39, 0.29) is 17.2 Å². The molecule has 2 aromatic rings. The molecule has 0 unspecified atom stereocenters. The van der Waals surface area contributed by atoms with E-state index in [1.165, 1.54) is 0 Å². The summed E-state index contributed by atoms with van der Waals surface area (Å²) in [6, 6.07) is 12.2. The fourth-order valence-corrected chi connectivity index (χ4v) is 4.68. The molecule has 148 valence electrons. The van der Waals surface area contributed by atoms with E-state index in [1.54, 1.807) is 0 Å². The fourth-order valence-electron chi connectivity index (χ4n) is 4.68. The number of carbonyl (C=O) groups is 1. The zero-order valence-corrected chi connectivity index (χ0v) is 16.8. The van der Waals surface area contributed by atoms with E-state index in [0.717, 1.165) is 62.8 Å². The molecule has 0 radical (unpaired) electrons. The summed E-state index contributed by atoms with van der Waals surface area (Å²) < 4.78 is 0. The zero-order chi connectivity index (χ0) is 19.6. The second kappa shape index (κ2) is 7.78. The molecule has 1 atom stereocenters. The number of piperidine rings is 2. The van der Waals surface area contributed by atoms with Crippen molar-refractivity contribution in [1.82, 2.24) is 14.9 Å². The molecular weight excluding hydrogens is 350 g/mol. The molecule has 2 fully saturated rings.